The lowest BCUT2D eigenvalue weighted by atomic mass is 10.2. The minimum absolute atomic E-state index is 0.0387. The molecule has 0 aromatic carbocycles. The van der Waals surface area contributed by atoms with Crippen LogP contribution in [0, 0.1) is 0 Å². The molecule has 4 N–H and O–H groups in total. The van der Waals surface area contributed by atoms with Crippen LogP contribution in [0.5, 0.6) is 0 Å². The van der Waals surface area contributed by atoms with Crippen LogP contribution >= 0.6 is 11.3 Å². The first-order valence-corrected chi connectivity index (χ1v) is 6.10. The van der Waals surface area contributed by atoms with Crippen molar-refractivity contribution in [2.45, 2.75) is 32.9 Å². The van der Waals surface area contributed by atoms with Crippen molar-refractivity contribution in [1.82, 2.24) is 15.6 Å². The summed E-state index contributed by atoms with van der Waals surface area (Å²) in [6, 6.07) is -0.565. The number of nitrogens with one attached hydrogen (secondary N) is 2. The number of anilines is 1. The number of nitrogen functional groups attached to an aromatic ring is 1. The Bertz CT molecular complexity index is 416. The average Bonchev–Trinajstić information content (AvgIpc) is 2.63. The van der Waals surface area contributed by atoms with Gasteiger partial charge in [0.25, 0.3) is 5.91 Å². The zero-order valence-electron chi connectivity index (χ0n) is 9.98. The standard InChI is InChI=1S/C10H16N4O2S/c1-5(2)12-8(15)6(3)13-9(16)7-4-17-10(11)14-7/h4-6H,1-3H3,(H2,11,14)(H,12,15)(H,13,16). The number of carbonyl (C=O) groups is 2. The van der Waals surface area contributed by atoms with Crippen molar-refractivity contribution in [1.29, 1.82) is 0 Å². The first-order chi connectivity index (χ1) is 7.90. The molecule has 1 heterocycles. The summed E-state index contributed by atoms with van der Waals surface area (Å²) < 4.78 is 0. The minimum Gasteiger partial charge on any atom is -0.375 e. The van der Waals surface area contributed by atoms with E-state index >= 15 is 0 Å². The summed E-state index contributed by atoms with van der Waals surface area (Å²) in [5.41, 5.74) is 5.65. The average molecular weight is 256 g/mol. The second kappa shape index (κ2) is 5.62. The van der Waals surface area contributed by atoms with E-state index in [0.29, 0.717) is 5.13 Å². The quantitative estimate of drug-likeness (QED) is 0.725. The van der Waals surface area contributed by atoms with Gasteiger partial charge in [0.2, 0.25) is 5.91 Å². The Hall–Kier alpha value is -1.63. The van der Waals surface area contributed by atoms with E-state index < -0.39 is 11.9 Å². The van der Waals surface area contributed by atoms with Gasteiger partial charge in [-0.1, -0.05) is 0 Å². The number of carbonyl (C=O) groups excluding carboxylic acids is 2. The van der Waals surface area contributed by atoms with Gasteiger partial charge in [0.1, 0.15) is 11.7 Å². The monoisotopic (exact) mass is 256 g/mol. The Morgan fingerprint density at radius 1 is 1.35 bits per heavy atom. The highest BCUT2D eigenvalue weighted by molar-refractivity contribution is 7.13. The van der Waals surface area contributed by atoms with E-state index in [2.05, 4.69) is 15.6 Å². The number of thiazole rings is 1. The highest BCUT2D eigenvalue weighted by Gasteiger charge is 2.18. The number of nitrogens with zero attached hydrogens (tertiary/aromatic N) is 1. The molecule has 6 nitrogen and oxygen atoms in total. The van der Waals surface area contributed by atoms with E-state index in [0.717, 1.165) is 0 Å². The first-order valence-electron chi connectivity index (χ1n) is 5.22. The van der Waals surface area contributed by atoms with Crippen LogP contribution in [0.4, 0.5) is 5.13 Å². The van der Waals surface area contributed by atoms with Crippen molar-refractivity contribution in [2.24, 2.45) is 0 Å². The maximum absolute atomic E-state index is 11.7. The summed E-state index contributed by atoms with van der Waals surface area (Å²) in [4.78, 5) is 27.0. The van der Waals surface area contributed by atoms with Crippen molar-refractivity contribution < 1.29 is 9.59 Å². The van der Waals surface area contributed by atoms with Gasteiger partial charge in [-0.15, -0.1) is 11.3 Å². The van der Waals surface area contributed by atoms with Gasteiger partial charge in [0.05, 0.1) is 0 Å². The molecule has 0 aliphatic heterocycles. The SMILES string of the molecule is CC(C)NC(=O)C(C)NC(=O)c1csc(N)n1. The third kappa shape index (κ3) is 4.03. The molecule has 0 bridgehead atoms. The molecule has 2 amide bonds. The van der Waals surface area contributed by atoms with Gasteiger partial charge in [-0.2, -0.15) is 0 Å². The van der Waals surface area contributed by atoms with Crippen LogP contribution in [0.15, 0.2) is 5.38 Å². The van der Waals surface area contributed by atoms with Crippen molar-refractivity contribution in [2.75, 3.05) is 5.73 Å². The Kier molecular flexibility index (Phi) is 4.45. The zero-order valence-corrected chi connectivity index (χ0v) is 10.8. The lowest BCUT2D eigenvalue weighted by Crippen LogP contribution is -2.46. The normalized spacial score (nSPS) is 12.2. The molecule has 0 aliphatic carbocycles. The van der Waals surface area contributed by atoms with E-state index in [4.69, 9.17) is 5.73 Å². The molecule has 0 aliphatic rings. The van der Waals surface area contributed by atoms with Gasteiger partial charge in [-0.05, 0) is 20.8 Å². The lowest BCUT2D eigenvalue weighted by molar-refractivity contribution is -0.123. The van der Waals surface area contributed by atoms with Gasteiger partial charge in [0, 0.05) is 11.4 Å². The van der Waals surface area contributed by atoms with Crippen molar-refractivity contribution in [3.63, 3.8) is 0 Å². The molecular weight excluding hydrogens is 240 g/mol. The number of aromatic nitrogens is 1. The highest BCUT2D eigenvalue weighted by Crippen LogP contribution is 2.10. The van der Waals surface area contributed by atoms with Crippen molar-refractivity contribution >= 4 is 28.3 Å². The van der Waals surface area contributed by atoms with Crippen LogP contribution in [0.2, 0.25) is 0 Å². The van der Waals surface area contributed by atoms with Crippen LogP contribution in [0.3, 0.4) is 0 Å². The number of amides is 2. The predicted molar refractivity (Wildman–Crippen MR) is 66.7 cm³/mol. The molecule has 17 heavy (non-hydrogen) atoms. The second-order valence-corrected chi connectivity index (χ2v) is 4.82. The summed E-state index contributed by atoms with van der Waals surface area (Å²) >= 11 is 1.18. The predicted octanol–water partition coefficient (Wildman–Crippen LogP) is 0.368. The molecule has 7 heteroatoms. The van der Waals surface area contributed by atoms with Gasteiger partial charge < -0.3 is 16.4 Å². The largest absolute Gasteiger partial charge is 0.375 e. The fraction of sp³-hybridized carbons (Fsp3) is 0.500. The maximum Gasteiger partial charge on any atom is 0.271 e. The smallest absolute Gasteiger partial charge is 0.271 e. The molecule has 0 radical (unpaired) electrons. The maximum atomic E-state index is 11.7. The van der Waals surface area contributed by atoms with E-state index in [1.807, 2.05) is 13.8 Å². The van der Waals surface area contributed by atoms with Crippen molar-refractivity contribution in [3.05, 3.63) is 11.1 Å². The third-order valence-electron chi connectivity index (χ3n) is 1.93. The summed E-state index contributed by atoms with van der Waals surface area (Å²) in [5, 5.41) is 7.14. The lowest BCUT2D eigenvalue weighted by Gasteiger charge is -2.15. The van der Waals surface area contributed by atoms with E-state index in [1.165, 1.54) is 11.3 Å². The Labute approximate surface area is 104 Å². The molecule has 0 saturated heterocycles. The Balaban J connectivity index is 2.54. The van der Waals surface area contributed by atoms with E-state index in [1.54, 1.807) is 12.3 Å². The second-order valence-electron chi connectivity index (χ2n) is 3.93. The number of nitrogens with two attached hydrogens (primary N) is 1. The molecule has 1 aromatic rings. The zero-order chi connectivity index (χ0) is 13.0. The molecule has 1 atom stereocenters. The van der Waals surface area contributed by atoms with Gasteiger partial charge in [-0.25, -0.2) is 4.98 Å². The summed E-state index contributed by atoms with van der Waals surface area (Å²) in [5.74, 6) is -0.624. The minimum atomic E-state index is -0.604. The number of hydrogen-bond acceptors (Lipinski definition) is 5. The summed E-state index contributed by atoms with van der Waals surface area (Å²) in [7, 11) is 0. The molecular formula is C10H16N4O2S. The molecule has 0 spiro atoms. The van der Waals surface area contributed by atoms with Gasteiger partial charge in [-0.3, -0.25) is 9.59 Å². The van der Waals surface area contributed by atoms with Crippen LogP contribution in [0.1, 0.15) is 31.3 Å². The van der Waals surface area contributed by atoms with Crippen LogP contribution in [-0.4, -0.2) is 28.9 Å². The Morgan fingerprint density at radius 3 is 2.47 bits per heavy atom. The molecule has 0 saturated carbocycles. The van der Waals surface area contributed by atoms with Gasteiger partial charge in [0.15, 0.2) is 5.13 Å². The highest BCUT2D eigenvalue weighted by atomic mass is 32.1. The molecule has 1 aromatic heterocycles. The number of hydrogen-bond donors (Lipinski definition) is 3. The third-order valence-corrected chi connectivity index (χ3v) is 2.60. The molecule has 0 fully saturated rings. The van der Waals surface area contributed by atoms with E-state index in [9.17, 15) is 9.59 Å². The van der Waals surface area contributed by atoms with Crippen LogP contribution in [0.25, 0.3) is 0 Å². The molecule has 94 valence electrons. The number of rotatable bonds is 4. The van der Waals surface area contributed by atoms with Crippen molar-refractivity contribution in [3.8, 4) is 0 Å². The molecule has 1 rings (SSSR count). The summed E-state index contributed by atoms with van der Waals surface area (Å²) in [6.07, 6.45) is 0. The topological polar surface area (TPSA) is 97.1 Å². The van der Waals surface area contributed by atoms with Crippen LogP contribution in [-0.2, 0) is 4.79 Å². The molecule has 1 unspecified atom stereocenters. The fourth-order valence-corrected chi connectivity index (χ4v) is 1.68. The first kappa shape index (κ1) is 13.4. The fourth-order valence-electron chi connectivity index (χ4n) is 1.14. The van der Waals surface area contributed by atoms with Gasteiger partial charge >= 0.3 is 0 Å². The van der Waals surface area contributed by atoms with E-state index in [-0.39, 0.29) is 17.6 Å². The Morgan fingerprint density at radius 2 is 2.00 bits per heavy atom. The van der Waals surface area contributed by atoms with Crippen LogP contribution < -0.4 is 16.4 Å². The summed E-state index contributed by atoms with van der Waals surface area (Å²) in [6.45, 7) is 5.33.